The van der Waals surface area contributed by atoms with Gasteiger partial charge in [-0.1, -0.05) is 72.2 Å². The summed E-state index contributed by atoms with van der Waals surface area (Å²) in [6.07, 6.45) is -0.864. The number of rotatable bonds is 3. The summed E-state index contributed by atoms with van der Waals surface area (Å²) in [5, 5.41) is 9.72. The van der Waals surface area contributed by atoms with Crippen LogP contribution in [0.4, 0.5) is 5.69 Å². The summed E-state index contributed by atoms with van der Waals surface area (Å²) in [4.78, 5) is 18.8. The van der Waals surface area contributed by atoms with E-state index in [2.05, 4.69) is 15.2 Å². The van der Waals surface area contributed by atoms with E-state index in [-0.39, 0.29) is 11.8 Å². The molecule has 6 nitrogen and oxygen atoms in total. The third-order valence-electron chi connectivity index (χ3n) is 4.37. The van der Waals surface area contributed by atoms with E-state index in [0.717, 1.165) is 5.75 Å². The molecular formula is C20H16Cl2N4O2S. The molecule has 0 saturated carbocycles. The molecule has 0 bridgehead atoms. The third kappa shape index (κ3) is 3.66. The summed E-state index contributed by atoms with van der Waals surface area (Å²) >= 11 is 14.2. The van der Waals surface area contributed by atoms with Crippen LogP contribution in [0.3, 0.4) is 0 Å². The molecule has 2 heterocycles. The Morgan fingerprint density at radius 3 is 2.72 bits per heavy atom. The highest BCUT2D eigenvalue weighted by Crippen LogP contribution is 2.45. The van der Waals surface area contributed by atoms with E-state index in [0.29, 0.717) is 37.7 Å². The van der Waals surface area contributed by atoms with Crippen molar-refractivity contribution in [3.63, 3.8) is 0 Å². The zero-order valence-corrected chi connectivity index (χ0v) is 17.9. The summed E-state index contributed by atoms with van der Waals surface area (Å²) in [5.41, 5.74) is 2.35. The molecule has 1 atom stereocenters. The molecule has 1 aliphatic rings. The molecule has 1 amide bonds. The monoisotopic (exact) mass is 446 g/mol. The van der Waals surface area contributed by atoms with Gasteiger partial charge in [0.2, 0.25) is 23.2 Å². The van der Waals surface area contributed by atoms with Crippen molar-refractivity contribution in [2.45, 2.75) is 25.2 Å². The van der Waals surface area contributed by atoms with Crippen molar-refractivity contribution in [3.8, 4) is 17.1 Å². The van der Waals surface area contributed by atoms with Gasteiger partial charge in [0.1, 0.15) is 0 Å². The molecule has 0 saturated heterocycles. The van der Waals surface area contributed by atoms with Gasteiger partial charge in [-0.15, -0.1) is 10.2 Å². The molecular weight excluding hydrogens is 431 g/mol. The second-order valence-electron chi connectivity index (χ2n) is 6.20. The molecule has 148 valence electrons. The molecule has 0 spiro atoms. The minimum Gasteiger partial charge on any atom is -0.447 e. The lowest BCUT2D eigenvalue weighted by molar-refractivity contribution is -0.118. The molecule has 0 aliphatic carbocycles. The maximum atomic E-state index is 12.7. The minimum atomic E-state index is -0.864. The number of anilines is 1. The van der Waals surface area contributed by atoms with Crippen LogP contribution in [0.1, 0.15) is 25.6 Å². The first-order valence-corrected chi connectivity index (χ1v) is 10.6. The number of para-hydroxylation sites is 1. The van der Waals surface area contributed by atoms with Crippen LogP contribution in [0, 0.1) is 0 Å². The molecule has 4 rings (SSSR count). The number of nitrogens with zero attached hydrogens (tertiary/aromatic N) is 4. The first-order chi connectivity index (χ1) is 14.0. The normalized spacial score (nSPS) is 15.2. The summed E-state index contributed by atoms with van der Waals surface area (Å²) in [6, 6.07) is 12.6. The highest BCUT2D eigenvalue weighted by Gasteiger charge is 2.35. The maximum Gasteiger partial charge on any atom is 0.247 e. The lowest BCUT2D eigenvalue weighted by atomic mass is 10.1. The number of amides is 1. The number of benzene rings is 2. The van der Waals surface area contributed by atoms with E-state index in [1.54, 1.807) is 18.2 Å². The number of ether oxygens (including phenoxy) is 1. The van der Waals surface area contributed by atoms with Gasteiger partial charge in [0.15, 0.2) is 5.69 Å². The average Bonchev–Trinajstić information content (AvgIpc) is 2.84. The highest BCUT2D eigenvalue weighted by atomic mass is 35.5. The minimum absolute atomic E-state index is 0.220. The number of carbonyl (C=O) groups is 1. The van der Waals surface area contributed by atoms with Crippen molar-refractivity contribution in [1.29, 1.82) is 0 Å². The Hall–Kier alpha value is -2.35. The van der Waals surface area contributed by atoms with Crippen molar-refractivity contribution in [1.82, 2.24) is 15.2 Å². The fourth-order valence-electron chi connectivity index (χ4n) is 3.16. The topological polar surface area (TPSA) is 68.2 Å². The number of carbonyl (C=O) groups excluding carboxylic acids is 1. The van der Waals surface area contributed by atoms with Gasteiger partial charge in [-0.3, -0.25) is 9.69 Å². The number of fused-ring (bicyclic) bond motifs is 3. The first-order valence-electron chi connectivity index (χ1n) is 8.88. The highest BCUT2D eigenvalue weighted by molar-refractivity contribution is 7.99. The molecule has 0 unspecified atom stereocenters. The van der Waals surface area contributed by atoms with Gasteiger partial charge in [0.25, 0.3) is 0 Å². The van der Waals surface area contributed by atoms with E-state index in [1.807, 2.05) is 31.2 Å². The summed E-state index contributed by atoms with van der Waals surface area (Å²) in [5.74, 6) is 0.857. The molecule has 29 heavy (non-hydrogen) atoms. The van der Waals surface area contributed by atoms with Crippen LogP contribution >= 0.6 is 35.0 Å². The van der Waals surface area contributed by atoms with Crippen LogP contribution in [-0.4, -0.2) is 26.8 Å². The molecule has 1 aromatic heterocycles. The Morgan fingerprint density at radius 2 is 1.97 bits per heavy atom. The van der Waals surface area contributed by atoms with Gasteiger partial charge in [-0.25, -0.2) is 0 Å². The lowest BCUT2D eigenvalue weighted by Gasteiger charge is -2.30. The van der Waals surface area contributed by atoms with Crippen molar-refractivity contribution < 1.29 is 9.53 Å². The Morgan fingerprint density at radius 1 is 1.17 bits per heavy atom. The quantitative estimate of drug-likeness (QED) is 0.501. The van der Waals surface area contributed by atoms with E-state index in [1.165, 1.54) is 23.6 Å². The van der Waals surface area contributed by atoms with Gasteiger partial charge in [-0.05, 0) is 17.9 Å². The molecule has 9 heteroatoms. The van der Waals surface area contributed by atoms with Crippen molar-refractivity contribution >= 4 is 46.6 Å². The van der Waals surface area contributed by atoms with Gasteiger partial charge in [0.05, 0.1) is 15.7 Å². The second-order valence-corrected chi connectivity index (χ2v) is 8.22. The summed E-state index contributed by atoms with van der Waals surface area (Å²) in [7, 11) is 0. The van der Waals surface area contributed by atoms with Gasteiger partial charge < -0.3 is 4.74 Å². The van der Waals surface area contributed by atoms with E-state index >= 15 is 0 Å². The maximum absolute atomic E-state index is 12.7. The summed E-state index contributed by atoms with van der Waals surface area (Å²) in [6.45, 7) is 3.47. The standard InChI is InChI=1S/C20H16Cl2N4O2S/c1-3-29-20-23-18-17(24-25-20)12-7-4-5-10-15(12)26(11(2)27)19(28-18)13-8-6-9-14(21)16(13)22/h4-10,19H,3H2,1-2H3/t19-/m1/s1. The van der Waals surface area contributed by atoms with Gasteiger partial charge in [0, 0.05) is 18.1 Å². The third-order valence-corrected chi connectivity index (χ3v) is 5.93. The van der Waals surface area contributed by atoms with Crippen molar-refractivity contribution in [2.24, 2.45) is 0 Å². The predicted octanol–water partition coefficient (Wildman–Crippen LogP) is 5.40. The molecule has 2 aromatic carbocycles. The van der Waals surface area contributed by atoms with Crippen LogP contribution in [0.5, 0.6) is 5.88 Å². The SMILES string of the molecule is CCSc1nnc2c(n1)O[C@H](c1cccc(Cl)c1Cl)N(C(C)=O)c1ccccc1-2. The second kappa shape index (κ2) is 8.18. The Bertz CT molecular complexity index is 1100. The van der Waals surface area contributed by atoms with Crippen LogP contribution < -0.4 is 9.64 Å². The number of hydrogen-bond donors (Lipinski definition) is 0. The van der Waals surface area contributed by atoms with E-state index in [9.17, 15) is 4.79 Å². The Labute approximate surface area is 182 Å². The Balaban J connectivity index is 1.98. The Kier molecular flexibility index (Phi) is 5.63. The number of thioether (sulfide) groups is 1. The number of aromatic nitrogens is 3. The zero-order chi connectivity index (χ0) is 20.5. The van der Waals surface area contributed by atoms with Gasteiger partial charge >= 0.3 is 0 Å². The van der Waals surface area contributed by atoms with Crippen molar-refractivity contribution in [3.05, 3.63) is 58.1 Å². The first kappa shape index (κ1) is 19.9. The zero-order valence-electron chi connectivity index (χ0n) is 15.6. The fraction of sp³-hybridized carbons (Fsp3) is 0.200. The van der Waals surface area contributed by atoms with E-state index in [4.69, 9.17) is 27.9 Å². The molecule has 3 aromatic rings. The lowest BCUT2D eigenvalue weighted by Crippen LogP contribution is -2.36. The van der Waals surface area contributed by atoms with Crippen LogP contribution in [0.2, 0.25) is 10.0 Å². The van der Waals surface area contributed by atoms with Crippen molar-refractivity contribution in [2.75, 3.05) is 10.7 Å². The van der Waals surface area contributed by atoms with Crippen LogP contribution in [-0.2, 0) is 4.79 Å². The summed E-state index contributed by atoms with van der Waals surface area (Å²) < 4.78 is 6.26. The molecule has 0 radical (unpaired) electrons. The predicted molar refractivity (Wildman–Crippen MR) is 115 cm³/mol. The number of hydrogen-bond acceptors (Lipinski definition) is 6. The molecule has 1 aliphatic heterocycles. The number of halogens is 2. The van der Waals surface area contributed by atoms with Crippen LogP contribution in [0.25, 0.3) is 11.3 Å². The fourth-order valence-corrected chi connectivity index (χ4v) is 4.06. The smallest absolute Gasteiger partial charge is 0.247 e. The largest absolute Gasteiger partial charge is 0.447 e. The van der Waals surface area contributed by atoms with E-state index < -0.39 is 6.23 Å². The molecule has 0 N–H and O–H groups in total. The van der Waals surface area contributed by atoms with Crippen LogP contribution in [0.15, 0.2) is 47.6 Å². The van der Waals surface area contributed by atoms with Gasteiger partial charge in [-0.2, -0.15) is 4.98 Å². The molecule has 0 fully saturated rings. The average molecular weight is 447 g/mol.